The van der Waals surface area contributed by atoms with E-state index in [9.17, 15) is 13.2 Å². The van der Waals surface area contributed by atoms with Gasteiger partial charge < -0.3 is 21.7 Å². The predicted molar refractivity (Wildman–Crippen MR) is 137 cm³/mol. The van der Waals surface area contributed by atoms with Crippen LogP contribution in [-0.2, 0) is 34.2 Å². The summed E-state index contributed by atoms with van der Waals surface area (Å²) >= 11 is 0. The fourth-order valence-electron chi connectivity index (χ4n) is 4.79. The molecule has 9 nitrogen and oxygen atoms in total. The molecule has 0 radical (unpaired) electrons. The van der Waals surface area contributed by atoms with E-state index in [2.05, 4.69) is 28.0 Å². The third-order valence-electron chi connectivity index (χ3n) is 6.58. The third-order valence-corrected chi connectivity index (χ3v) is 8.09. The maximum absolute atomic E-state index is 13.6. The number of carbonyl (C=O) groups excluding carboxylic acids is 1. The summed E-state index contributed by atoms with van der Waals surface area (Å²) in [6.45, 7) is 4.14. The minimum atomic E-state index is -3.96. The van der Waals surface area contributed by atoms with Gasteiger partial charge in [0.1, 0.15) is 10.9 Å². The van der Waals surface area contributed by atoms with Gasteiger partial charge in [-0.3, -0.25) is 9.79 Å². The molecule has 4 rings (SSSR count). The van der Waals surface area contributed by atoms with Crippen molar-refractivity contribution in [2.24, 2.45) is 22.4 Å². The van der Waals surface area contributed by atoms with Gasteiger partial charge in [0.05, 0.1) is 5.69 Å². The van der Waals surface area contributed by atoms with Crippen LogP contribution in [0.1, 0.15) is 36.5 Å². The molecule has 2 aliphatic rings. The molecule has 188 valence electrons. The van der Waals surface area contributed by atoms with E-state index in [1.165, 1.54) is 5.56 Å². The number of rotatable bonds is 8. The summed E-state index contributed by atoms with van der Waals surface area (Å²) in [6, 6.07) is 12.4. The number of para-hydroxylation sites is 1. The molecule has 2 heterocycles. The Balaban J connectivity index is 1.56. The van der Waals surface area contributed by atoms with E-state index in [0.717, 1.165) is 24.0 Å². The van der Waals surface area contributed by atoms with Crippen LogP contribution in [0, 0.1) is 5.92 Å². The Kier molecular flexibility index (Phi) is 7.61. The highest BCUT2D eigenvalue weighted by Crippen LogP contribution is 2.31. The van der Waals surface area contributed by atoms with Gasteiger partial charge in [-0.2, -0.15) is 4.72 Å². The number of nitrogens with zero attached hydrogens (tertiary/aromatic N) is 2. The van der Waals surface area contributed by atoms with Crippen LogP contribution in [0.5, 0.6) is 0 Å². The van der Waals surface area contributed by atoms with E-state index in [1.807, 2.05) is 24.3 Å². The zero-order chi connectivity index (χ0) is 25.0. The van der Waals surface area contributed by atoms with Crippen LogP contribution in [0.25, 0.3) is 0 Å². The second-order valence-electron chi connectivity index (χ2n) is 9.38. The van der Waals surface area contributed by atoms with Crippen LogP contribution in [0.15, 0.2) is 52.4 Å². The number of aliphatic imine (C=N–C) groups is 1. The van der Waals surface area contributed by atoms with Crippen LogP contribution < -0.4 is 21.5 Å². The number of nitrogens with one attached hydrogen (secondary N) is 2. The Bertz CT molecular complexity index is 1210. The Morgan fingerprint density at radius 1 is 1.17 bits per heavy atom. The van der Waals surface area contributed by atoms with Gasteiger partial charge in [0.2, 0.25) is 15.9 Å². The molecule has 0 bridgehead atoms. The van der Waals surface area contributed by atoms with Crippen molar-refractivity contribution in [3.63, 3.8) is 0 Å². The second-order valence-corrected chi connectivity index (χ2v) is 11.1. The monoisotopic (exact) mass is 498 g/mol. The van der Waals surface area contributed by atoms with Crippen LogP contribution >= 0.6 is 0 Å². The third kappa shape index (κ3) is 5.94. The minimum absolute atomic E-state index is 0.0303. The lowest BCUT2D eigenvalue weighted by molar-refractivity contribution is -0.134. The minimum Gasteiger partial charge on any atom is -0.383 e. The molecule has 2 aromatic carbocycles. The molecule has 2 atom stereocenters. The molecule has 2 aromatic rings. The Labute approximate surface area is 207 Å². The number of amides is 1. The number of hydrogen-bond donors (Lipinski definition) is 4. The Morgan fingerprint density at radius 3 is 2.69 bits per heavy atom. The van der Waals surface area contributed by atoms with Crippen molar-refractivity contribution in [2.45, 2.75) is 50.1 Å². The van der Waals surface area contributed by atoms with Crippen LogP contribution in [0.3, 0.4) is 0 Å². The van der Waals surface area contributed by atoms with E-state index in [-0.39, 0.29) is 23.2 Å². The average molecular weight is 499 g/mol. The first-order valence-electron chi connectivity index (χ1n) is 12.0. The van der Waals surface area contributed by atoms with Crippen molar-refractivity contribution in [3.8, 4) is 0 Å². The number of sulfonamides is 1. The predicted octanol–water partition coefficient (Wildman–Crippen LogP) is 1.58. The molecule has 1 amide bonds. The second kappa shape index (κ2) is 10.7. The van der Waals surface area contributed by atoms with Gasteiger partial charge in [-0.15, -0.1) is 0 Å². The summed E-state index contributed by atoms with van der Waals surface area (Å²) in [6.07, 6.45) is 2.29. The quantitative estimate of drug-likeness (QED) is 0.247. The summed E-state index contributed by atoms with van der Waals surface area (Å²) in [5.74, 6) is 0.150. The van der Waals surface area contributed by atoms with Gasteiger partial charge in [0.15, 0.2) is 5.96 Å². The molecule has 0 saturated heterocycles. The highest BCUT2D eigenvalue weighted by molar-refractivity contribution is 7.89. The Hall–Kier alpha value is -3.11. The normalized spacial score (nSPS) is 18.1. The van der Waals surface area contributed by atoms with Crippen molar-refractivity contribution in [3.05, 3.63) is 59.2 Å². The van der Waals surface area contributed by atoms with Gasteiger partial charge in [0, 0.05) is 26.2 Å². The van der Waals surface area contributed by atoms with E-state index < -0.39 is 16.1 Å². The molecule has 10 heteroatoms. The maximum atomic E-state index is 13.6. The fraction of sp³-hybridized carbons (Fsp3) is 0.440. The lowest BCUT2D eigenvalue weighted by Gasteiger charge is -2.32. The van der Waals surface area contributed by atoms with E-state index >= 15 is 0 Å². The first-order chi connectivity index (χ1) is 16.7. The molecule has 35 heavy (non-hydrogen) atoms. The van der Waals surface area contributed by atoms with Crippen LogP contribution in [0.2, 0.25) is 0 Å². The fourth-order valence-corrected chi connectivity index (χ4v) is 6.24. The van der Waals surface area contributed by atoms with Crippen molar-refractivity contribution < 1.29 is 13.2 Å². The number of hydrogen-bond acceptors (Lipinski definition) is 5. The standard InChI is InChI=1S/C25H34N6O3S/c1-17-14-19-8-4-10-22(23(19)29-15-17)35(33,34)30-21(9-5-12-28-25(26)27)24(32)31-13-11-18-6-2-3-7-20(18)16-31/h2-4,6-8,10,17,21,29-30H,5,9,11-16H2,1H3,(H4,26,27,28)/t17?,21-/m0/s1. The van der Waals surface area contributed by atoms with Gasteiger partial charge in [-0.25, -0.2) is 8.42 Å². The number of benzene rings is 2. The zero-order valence-electron chi connectivity index (χ0n) is 20.0. The van der Waals surface area contributed by atoms with Crippen molar-refractivity contribution >= 4 is 27.6 Å². The number of fused-ring (bicyclic) bond motifs is 2. The summed E-state index contributed by atoms with van der Waals surface area (Å²) in [5.41, 5.74) is 14.7. The molecule has 0 fully saturated rings. The van der Waals surface area contributed by atoms with Gasteiger partial charge in [-0.1, -0.05) is 43.3 Å². The number of anilines is 1. The first-order valence-corrected chi connectivity index (χ1v) is 13.5. The SMILES string of the molecule is CC1CNc2c(cccc2S(=O)(=O)N[C@@H](CCCN=C(N)N)C(=O)N2CCc3ccccc3C2)C1. The summed E-state index contributed by atoms with van der Waals surface area (Å²) in [4.78, 5) is 19.5. The average Bonchev–Trinajstić information content (AvgIpc) is 2.84. The number of carbonyl (C=O) groups is 1. The van der Waals surface area contributed by atoms with Crippen LogP contribution in [0.4, 0.5) is 5.69 Å². The first kappa shape index (κ1) is 25.0. The highest BCUT2D eigenvalue weighted by Gasteiger charge is 2.32. The summed E-state index contributed by atoms with van der Waals surface area (Å²) < 4.78 is 29.8. The molecule has 0 aromatic heterocycles. The largest absolute Gasteiger partial charge is 0.383 e. The zero-order valence-corrected chi connectivity index (χ0v) is 20.9. The lowest BCUT2D eigenvalue weighted by atomic mass is 9.96. The van der Waals surface area contributed by atoms with Crippen molar-refractivity contribution in [2.75, 3.05) is 25.0 Å². The summed E-state index contributed by atoms with van der Waals surface area (Å²) in [5, 5.41) is 3.27. The highest BCUT2D eigenvalue weighted by atomic mass is 32.2. The van der Waals surface area contributed by atoms with Crippen molar-refractivity contribution in [1.82, 2.24) is 9.62 Å². The maximum Gasteiger partial charge on any atom is 0.243 e. The van der Waals surface area contributed by atoms with E-state index in [0.29, 0.717) is 44.2 Å². The molecule has 6 N–H and O–H groups in total. The molecule has 1 unspecified atom stereocenters. The van der Waals surface area contributed by atoms with E-state index in [4.69, 9.17) is 11.5 Å². The molecular weight excluding hydrogens is 464 g/mol. The molecule has 0 saturated carbocycles. The Morgan fingerprint density at radius 2 is 1.91 bits per heavy atom. The number of nitrogens with two attached hydrogens (primary N) is 2. The molecule has 0 aliphatic carbocycles. The van der Waals surface area contributed by atoms with E-state index in [1.54, 1.807) is 17.0 Å². The topological polar surface area (TPSA) is 143 Å². The molecule has 2 aliphatic heterocycles. The van der Waals surface area contributed by atoms with Gasteiger partial charge in [0.25, 0.3) is 0 Å². The van der Waals surface area contributed by atoms with Gasteiger partial charge in [-0.05, 0) is 54.4 Å². The van der Waals surface area contributed by atoms with Crippen LogP contribution in [-0.4, -0.2) is 50.9 Å². The summed E-state index contributed by atoms with van der Waals surface area (Å²) in [7, 11) is -3.96. The van der Waals surface area contributed by atoms with Crippen molar-refractivity contribution in [1.29, 1.82) is 0 Å². The smallest absolute Gasteiger partial charge is 0.243 e. The van der Waals surface area contributed by atoms with Gasteiger partial charge >= 0.3 is 0 Å². The number of guanidine groups is 1. The molecule has 0 spiro atoms. The lowest BCUT2D eigenvalue weighted by Crippen LogP contribution is -2.50. The molecular formula is C25H34N6O3S.